The van der Waals surface area contributed by atoms with E-state index in [1.165, 1.54) is 22.9 Å². The Morgan fingerprint density at radius 3 is 2.57 bits per heavy atom. The third-order valence-electron chi connectivity index (χ3n) is 5.82. The molecule has 11 heteroatoms. The van der Waals surface area contributed by atoms with Crippen molar-refractivity contribution in [1.82, 2.24) is 35.7 Å². The Morgan fingerprint density at radius 2 is 1.86 bits per heavy atom. The second-order valence-corrected chi connectivity index (χ2v) is 8.74. The van der Waals surface area contributed by atoms with Crippen molar-refractivity contribution in [3.05, 3.63) is 112 Å². The number of nitrogens with zero attached hydrogens (tertiary/aromatic N) is 5. The Bertz CT molecular complexity index is 1550. The van der Waals surface area contributed by atoms with Gasteiger partial charge in [0.1, 0.15) is 17.3 Å². The van der Waals surface area contributed by atoms with Gasteiger partial charge < -0.3 is 5.32 Å². The number of aromatic amines is 1. The molecule has 2 N–H and O–H groups in total. The lowest BCUT2D eigenvalue weighted by Gasteiger charge is -2.14. The van der Waals surface area contributed by atoms with Crippen LogP contribution >= 0.6 is 11.6 Å². The van der Waals surface area contributed by atoms with Crippen LogP contribution in [0.3, 0.4) is 0 Å². The monoisotopic (exact) mass is 519 g/mol. The number of hydrogen-bond acceptors (Lipinski definition) is 5. The van der Waals surface area contributed by atoms with Crippen LogP contribution in [-0.4, -0.2) is 36.3 Å². The Labute approximate surface area is 215 Å². The Morgan fingerprint density at radius 1 is 1.08 bits per heavy atom. The molecule has 37 heavy (non-hydrogen) atoms. The maximum atomic E-state index is 15.0. The summed E-state index contributed by atoms with van der Waals surface area (Å²) in [4.78, 5) is 13.6. The van der Waals surface area contributed by atoms with Crippen molar-refractivity contribution in [2.45, 2.75) is 19.4 Å². The fourth-order valence-corrected chi connectivity index (χ4v) is 4.17. The summed E-state index contributed by atoms with van der Waals surface area (Å²) in [5.41, 5.74) is 2.35. The Kier molecular flexibility index (Phi) is 6.74. The van der Waals surface area contributed by atoms with E-state index in [9.17, 15) is 13.6 Å². The van der Waals surface area contributed by atoms with Gasteiger partial charge in [-0.15, -0.1) is 10.2 Å². The van der Waals surface area contributed by atoms with E-state index in [4.69, 9.17) is 11.6 Å². The number of nitrogens with one attached hydrogen (secondary N) is 2. The predicted molar refractivity (Wildman–Crippen MR) is 133 cm³/mol. The van der Waals surface area contributed by atoms with Gasteiger partial charge in [-0.25, -0.2) is 13.5 Å². The predicted octanol–water partition coefficient (Wildman–Crippen LogP) is 5.07. The third-order valence-corrected chi connectivity index (χ3v) is 6.07. The van der Waals surface area contributed by atoms with Crippen LogP contribution in [0.5, 0.6) is 0 Å². The van der Waals surface area contributed by atoms with E-state index in [1.807, 2.05) is 0 Å². The van der Waals surface area contributed by atoms with E-state index in [2.05, 4.69) is 31.0 Å². The van der Waals surface area contributed by atoms with Gasteiger partial charge in [-0.1, -0.05) is 53.2 Å². The molecule has 0 radical (unpaired) electrons. The van der Waals surface area contributed by atoms with Crippen LogP contribution in [0, 0.1) is 11.6 Å². The minimum atomic E-state index is -0.529. The zero-order valence-corrected chi connectivity index (χ0v) is 20.2. The summed E-state index contributed by atoms with van der Waals surface area (Å²) in [6.07, 6.45) is 0.0833. The molecule has 3 aromatic carbocycles. The lowest BCUT2D eigenvalue weighted by atomic mass is 10.0. The molecule has 8 nitrogen and oxygen atoms in total. The van der Waals surface area contributed by atoms with Gasteiger partial charge in [-0.3, -0.25) is 4.79 Å². The SMILES string of the molecule is C[C@@H](NC(=O)c1nn(-c2ccccc2F)c(-c2ccc(Cl)cc2)c1Cc1nn[nH]n1)c1cccc(F)c1. The van der Waals surface area contributed by atoms with Crippen molar-refractivity contribution in [2.75, 3.05) is 0 Å². The van der Waals surface area contributed by atoms with Crippen LogP contribution in [0.25, 0.3) is 16.9 Å². The number of carbonyl (C=O) groups is 1. The summed E-state index contributed by atoms with van der Waals surface area (Å²) in [5, 5.41) is 22.0. The first-order valence-electron chi connectivity index (χ1n) is 11.3. The van der Waals surface area contributed by atoms with E-state index < -0.39 is 23.6 Å². The lowest BCUT2D eigenvalue weighted by Crippen LogP contribution is -2.28. The highest BCUT2D eigenvalue weighted by Crippen LogP contribution is 2.32. The minimum Gasteiger partial charge on any atom is -0.344 e. The molecule has 0 spiro atoms. The van der Waals surface area contributed by atoms with E-state index in [-0.39, 0.29) is 17.8 Å². The number of hydrogen-bond donors (Lipinski definition) is 2. The molecular formula is C26H20ClF2N7O. The number of benzene rings is 3. The van der Waals surface area contributed by atoms with Crippen molar-refractivity contribution in [3.8, 4) is 16.9 Å². The van der Waals surface area contributed by atoms with E-state index in [1.54, 1.807) is 61.5 Å². The van der Waals surface area contributed by atoms with Crippen LogP contribution in [-0.2, 0) is 6.42 Å². The van der Waals surface area contributed by atoms with Crippen molar-refractivity contribution in [1.29, 1.82) is 0 Å². The van der Waals surface area contributed by atoms with Crippen LogP contribution in [0.4, 0.5) is 8.78 Å². The van der Waals surface area contributed by atoms with E-state index >= 15 is 0 Å². The number of amides is 1. The second-order valence-electron chi connectivity index (χ2n) is 8.30. The largest absolute Gasteiger partial charge is 0.344 e. The number of tetrazole rings is 1. The number of H-pyrrole nitrogens is 1. The average Bonchev–Trinajstić information content (AvgIpc) is 3.53. The smallest absolute Gasteiger partial charge is 0.272 e. The number of carbonyl (C=O) groups excluding carboxylic acids is 1. The van der Waals surface area contributed by atoms with Gasteiger partial charge >= 0.3 is 0 Å². The van der Waals surface area contributed by atoms with Gasteiger partial charge in [0, 0.05) is 22.6 Å². The molecule has 1 amide bonds. The number of rotatable bonds is 7. The summed E-state index contributed by atoms with van der Waals surface area (Å²) >= 11 is 6.11. The lowest BCUT2D eigenvalue weighted by molar-refractivity contribution is 0.0933. The first-order valence-corrected chi connectivity index (χ1v) is 11.7. The average molecular weight is 520 g/mol. The first-order chi connectivity index (χ1) is 17.9. The molecule has 0 aliphatic rings. The maximum Gasteiger partial charge on any atom is 0.272 e. The van der Waals surface area contributed by atoms with Crippen LogP contribution in [0.2, 0.25) is 5.02 Å². The molecule has 5 rings (SSSR count). The van der Waals surface area contributed by atoms with E-state index in [0.717, 1.165) is 0 Å². The number of para-hydroxylation sites is 1. The molecule has 186 valence electrons. The third kappa shape index (κ3) is 5.10. The summed E-state index contributed by atoms with van der Waals surface area (Å²) in [5.74, 6) is -1.15. The quantitative estimate of drug-likeness (QED) is 0.313. The summed E-state index contributed by atoms with van der Waals surface area (Å²) in [7, 11) is 0. The molecule has 0 saturated heterocycles. The van der Waals surface area contributed by atoms with Gasteiger partial charge in [0.2, 0.25) is 0 Å². The van der Waals surface area contributed by atoms with Gasteiger partial charge in [0.25, 0.3) is 5.91 Å². The van der Waals surface area contributed by atoms with Crippen LogP contribution in [0.1, 0.15) is 40.4 Å². The highest BCUT2D eigenvalue weighted by molar-refractivity contribution is 6.30. The maximum absolute atomic E-state index is 15.0. The first kappa shape index (κ1) is 24.3. The summed E-state index contributed by atoms with van der Waals surface area (Å²) in [6.45, 7) is 1.74. The van der Waals surface area contributed by atoms with Gasteiger partial charge in [0.15, 0.2) is 11.5 Å². The zero-order chi connectivity index (χ0) is 25.9. The Hall–Kier alpha value is -4.44. The molecule has 0 aliphatic carbocycles. The van der Waals surface area contributed by atoms with Crippen molar-refractivity contribution in [2.24, 2.45) is 0 Å². The fraction of sp³-hybridized carbons (Fsp3) is 0.115. The molecule has 2 aromatic heterocycles. The minimum absolute atomic E-state index is 0.0428. The molecule has 5 aromatic rings. The van der Waals surface area contributed by atoms with Crippen molar-refractivity contribution >= 4 is 17.5 Å². The molecule has 2 heterocycles. The highest BCUT2D eigenvalue weighted by atomic mass is 35.5. The molecule has 1 atom stereocenters. The number of halogens is 3. The molecular weight excluding hydrogens is 500 g/mol. The van der Waals surface area contributed by atoms with Gasteiger partial charge in [-0.2, -0.15) is 10.3 Å². The number of aromatic nitrogens is 6. The standard InChI is InChI=1S/C26H20ClF2N7O/c1-15(17-5-4-6-19(28)13-17)30-26(37)24-20(14-23-31-34-35-32-23)25(16-9-11-18(27)12-10-16)36(33-24)22-8-3-2-7-21(22)29/h2-13,15H,14H2,1H3,(H,30,37)(H,31,32,34,35)/t15-/m1/s1. The van der Waals surface area contributed by atoms with Gasteiger partial charge in [0.05, 0.1) is 11.7 Å². The topological polar surface area (TPSA) is 101 Å². The van der Waals surface area contributed by atoms with Crippen LogP contribution < -0.4 is 5.32 Å². The van der Waals surface area contributed by atoms with Crippen LogP contribution in [0.15, 0.2) is 72.8 Å². The second kappa shape index (κ2) is 10.3. The zero-order valence-electron chi connectivity index (χ0n) is 19.5. The molecule has 0 fully saturated rings. The molecule has 0 saturated carbocycles. The summed E-state index contributed by atoms with van der Waals surface area (Å²) < 4.78 is 30.1. The normalized spacial score (nSPS) is 11.9. The van der Waals surface area contributed by atoms with Crippen molar-refractivity contribution in [3.63, 3.8) is 0 Å². The highest BCUT2D eigenvalue weighted by Gasteiger charge is 2.28. The van der Waals surface area contributed by atoms with Crippen molar-refractivity contribution < 1.29 is 13.6 Å². The van der Waals surface area contributed by atoms with Gasteiger partial charge in [-0.05, 0) is 48.9 Å². The fourth-order valence-electron chi connectivity index (χ4n) is 4.04. The van der Waals surface area contributed by atoms with E-state index in [0.29, 0.717) is 33.2 Å². The molecule has 0 unspecified atom stereocenters. The molecule has 0 aliphatic heterocycles. The summed E-state index contributed by atoms with van der Waals surface area (Å²) in [6, 6.07) is 18.5. The Balaban J connectivity index is 1.67. The molecule has 0 bridgehead atoms.